The van der Waals surface area contributed by atoms with E-state index in [2.05, 4.69) is 10.2 Å². The number of nitrogens with zero attached hydrogens (tertiary/aromatic N) is 2. The van der Waals surface area contributed by atoms with Crippen molar-refractivity contribution in [1.29, 1.82) is 0 Å². The first-order valence-electron chi connectivity index (χ1n) is 11.6. The molecule has 1 aliphatic rings. The Bertz CT molecular complexity index is 1260. The molecule has 0 bridgehead atoms. The van der Waals surface area contributed by atoms with Gasteiger partial charge in [0.15, 0.2) is 0 Å². The van der Waals surface area contributed by atoms with E-state index >= 15 is 0 Å². The zero-order chi connectivity index (χ0) is 24.2. The molecular formula is C27H31N3O4. The van der Waals surface area contributed by atoms with Crippen LogP contribution < -0.4 is 20.5 Å². The Balaban J connectivity index is 1.64. The number of ether oxygens (including phenoxy) is 2. The van der Waals surface area contributed by atoms with Crippen LogP contribution in [0.15, 0.2) is 53.5 Å². The quantitative estimate of drug-likeness (QED) is 0.597. The number of carbonyl (C=O) groups excluding carboxylic acids is 1. The first-order chi connectivity index (χ1) is 16.4. The van der Waals surface area contributed by atoms with Crippen LogP contribution in [0.4, 0.5) is 11.4 Å². The zero-order valence-electron chi connectivity index (χ0n) is 20.2. The first kappa shape index (κ1) is 23.6. The van der Waals surface area contributed by atoms with Gasteiger partial charge in [-0.1, -0.05) is 12.1 Å². The van der Waals surface area contributed by atoms with Gasteiger partial charge in [0, 0.05) is 43.1 Å². The lowest BCUT2D eigenvalue weighted by Gasteiger charge is -2.29. The van der Waals surface area contributed by atoms with Crippen LogP contribution in [0.2, 0.25) is 0 Å². The highest BCUT2D eigenvalue weighted by atomic mass is 16.5. The molecule has 1 aromatic heterocycles. The van der Waals surface area contributed by atoms with Crippen molar-refractivity contribution in [2.45, 2.75) is 20.8 Å². The average molecular weight is 462 g/mol. The van der Waals surface area contributed by atoms with E-state index in [1.54, 1.807) is 23.7 Å². The summed E-state index contributed by atoms with van der Waals surface area (Å²) in [6.45, 7) is 9.03. The Labute approximate surface area is 199 Å². The fraction of sp³-hybridized carbons (Fsp3) is 0.333. The van der Waals surface area contributed by atoms with Crippen molar-refractivity contribution in [3.8, 4) is 16.9 Å². The zero-order valence-corrected chi connectivity index (χ0v) is 20.2. The maximum absolute atomic E-state index is 12.9. The lowest BCUT2D eigenvalue weighted by Crippen LogP contribution is -2.40. The number of aromatic nitrogens is 1. The van der Waals surface area contributed by atoms with Crippen LogP contribution >= 0.6 is 0 Å². The van der Waals surface area contributed by atoms with Crippen LogP contribution in [0.5, 0.6) is 5.75 Å². The largest absolute Gasteiger partial charge is 0.494 e. The van der Waals surface area contributed by atoms with Gasteiger partial charge in [-0.05, 0) is 67.8 Å². The van der Waals surface area contributed by atoms with Crippen molar-refractivity contribution in [3.63, 3.8) is 0 Å². The van der Waals surface area contributed by atoms with Crippen LogP contribution in [0.25, 0.3) is 11.1 Å². The third-order valence-corrected chi connectivity index (χ3v) is 6.07. The molecular weight excluding hydrogens is 430 g/mol. The SMILES string of the molecule is CCOc1cc(C(=O)Nc2ccc(C)c(-c3cc(N4CCOCC4)c(=O)n(C)c3)c2)ccc1C. The van der Waals surface area contributed by atoms with E-state index in [4.69, 9.17) is 9.47 Å². The summed E-state index contributed by atoms with van der Waals surface area (Å²) in [7, 11) is 1.77. The summed E-state index contributed by atoms with van der Waals surface area (Å²) in [6.07, 6.45) is 1.84. The number of benzene rings is 2. The highest BCUT2D eigenvalue weighted by Crippen LogP contribution is 2.29. The van der Waals surface area contributed by atoms with E-state index in [1.165, 1.54) is 0 Å². The van der Waals surface area contributed by atoms with Crippen LogP contribution in [0, 0.1) is 13.8 Å². The fourth-order valence-electron chi connectivity index (χ4n) is 4.14. The number of hydrogen-bond donors (Lipinski definition) is 1. The van der Waals surface area contributed by atoms with Gasteiger partial charge in [-0.3, -0.25) is 9.59 Å². The minimum atomic E-state index is -0.203. The van der Waals surface area contributed by atoms with Gasteiger partial charge in [0.2, 0.25) is 0 Å². The number of aryl methyl sites for hydroxylation is 3. The number of nitrogens with one attached hydrogen (secondary N) is 1. The second kappa shape index (κ2) is 10.1. The number of pyridine rings is 1. The normalized spacial score (nSPS) is 13.6. The van der Waals surface area contributed by atoms with E-state index < -0.39 is 0 Å². The summed E-state index contributed by atoms with van der Waals surface area (Å²) < 4.78 is 12.7. The lowest BCUT2D eigenvalue weighted by atomic mass is 10.0. The molecule has 7 nitrogen and oxygen atoms in total. The molecule has 1 amide bonds. The monoisotopic (exact) mass is 461 g/mol. The minimum Gasteiger partial charge on any atom is -0.494 e. The smallest absolute Gasteiger partial charge is 0.273 e. The van der Waals surface area contributed by atoms with Gasteiger partial charge >= 0.3 is 0 Å². The van der Waals surface area contributed by atoms with Crippen LogP contribution in [0.3, 0.4) is 0 Å². The molecule has 7 heteroatoms. The number of hydrogen-bond acceptors (Lipinski definition) is 5. The third kappa shape index (κ3) is 4.99. The van der Waals surface area contributed by atoms with Crippen LogP contribution in [-0.2, 0) is 11.8 Å². The Morgan fingerprint density at radius 1 is 1.06 bits per heavy atom. The van der Waals surface area contributed by atoms with Crippen molar-refractivity contribution in [1.82, 2.24) is 4.57 Å². The minimum absolute atomic E-state index is 0.0303. The Hall–Kier alpha value is -3.58. The van der Waals surface area contributed by atoms with Gasteiger partial charge in [0.1, 0.15) is 11.4 Å². The van der Waals surface area contributed by atoms with Crippen molar-refractivity contribution in [3.05, 3.63) is 75.7 Å². The molecule has 0 atom stereocenters. The van der Waals surface area contributed by atoms with Crippen LogP contribution in [-0.4, -0.2) is 43.4 Å². The third-order valence-electron chi connectivity index (χ3n) is 6.07. The molecule has 34 heavy (non-hydrogen) atoms. The molecule has 1 N–H and O–H groups in total. The molecule has 178 valence electrons. The van der Waals surface area contributed by atoms with E-state index in [9.17, 15) is 9.59 Å². The second-order valence-electron chi connectivity index (χ2n) is 8.53. The van der Waals surface area contributed by atoms with Crippen LogP contribution in [0.1, 0.15) is 28.4 Å². The summed E-state index contributed by atoms with van der Waals surface area (Å²) in [5, 5.41) is 3.00. The standard InChI is InChI=1S/C27H31N3O4/c1-5-34-25-15-20(8-6-19(25)3)26(31)28-22-9-7-18(2)23(16-22)21-14-24(27(32)29(4)17-21)30-10-12-33-13-11-30/h6-9,14-17H,5,10-13H2,1-4H3,(H,28,31). The predicted octanol–water partition coefficient (Wildman–Crippen LogP) is 4.16. The summed E-state index contributed by atoms with van der Waals surface area (Å²) in [5.74, 6) is 0.505. The molecule has 2 heterocycles. The van der Waals surface area contributed by atoms with Gasteiger partial charge < -0.3 is 24.3 Å². The topological polar surface area (TPSA) is 72.8 Å². The Morgan fingerprint density at radius 2 is 1.79 bits per heavy atom. The molecule has 0 aliphatic carbocycles. The van der Waals surface area contributed by atoms with Crippen molar-refractivity contribution < 1.29 is 14.3 Å². The molecule has 1 aliphatic heterocycles. The van der Waals surface area contributed by atoms with E-state index in [0.29, 0.717) is 55.6 Å². The summed E-state index contributed by atoms with van der Waals surface area (Å²) in [4.78, 5) is 27.8. The summed E-state index contributed by atoms with van der Waals surface area (Å²) in [6, 6.07) is 13.2. The van der Waals surface area contributed by atoms with Gasteiger partial charge in [0.05, 0.1) is 19.8 Å². The molecule has 4 rings (SSSR count). The van der Waals surface area contributed by atoms with Gasteiger partial charge in [-0.2, -0.15) is 0 Å². The Kier molecular flexibility index (Phi) is 7.03. The molecule has 1 saturated heterocycles. The lowest BCUT2D eigenvalue weighted by molar-refractivity contribution is 0.102. The number of carbonyl (C=O) groups is 1. The summed E-state index contributed by atoms with van der Waals surface area (Å²) >= 11 is 0. The molecule has 0 saturated carbocycles. The highest BCUT2D eigenvalue weighted by Gasteiger charge is 2.18. The van der Waals surface area contributed by atoms with E-state index in [1.807, 2.05) is 57.3 Å². The van der Waals surface area contributed by atoms with Crippen molar-refractivity contribution in [2.24, 2.45) is 7.05 Å². The number of rotatable bonds is 6. The molecule has 1 fully saturated rings. The summed E-state index contributed by atoms with van der Waals surface area (Å²) in [5.41, 5.74) is 5.78. The maximum atomic E-state index is 12.9. The van der Waals surface area contributed by atoms with E-state index in [0.717, 1.165) is 22.3 Å². The maximum Gasteiger partial charge on any atom is 0.273 e. The van der Waals surface area contributed by atoms with Gasteiger partial charge in [0.25, 0.3) is 11.5 Å². The Morgan fingerprint density at radius 3 is 2.53 bits per heavy atom. The average Bonchev–Trinajstić information content (AvgIpc) is 2.84. The molecule has 2 aromatic carbocycles. The second-order valence-corrected chi connectivity index (χ2v) is 8.53. The van der Waals surface area contributed by atoms with Crippen molar-refractivity contribution >= 4 is 17.3 Å². The highest BCUT2D eigenvalue weighted by molar-refractivity contribution is 6.05. The molecule has 0 spiro atoms. The molecule has 0 radical (unpaired) electrons. The number of amides is 1. The number of morpholine rings is 1. The fourth-order valence-corrected chi connectivity index (χ4v) is 4.14. The number of anilines is 2. The van der Waals surface area contributed by atoms with Gasteiger partial charge in [-0.15, -0.1) is 0 Å². The molecule has 3 aromatic rings. The van der Waals surface area contributed by atoms with Crippen molar-refractivity contribution in [2.75, 3.05) is 43.1 Å². The van der Waals surface area contributed by atoms with Gasteiger partial charge in [-0.25, -0.2) is 0 Å². The molecule has 0 unspecified atom stereocenters. The first-order valence-corrected chi connectivity index (χ1v) is 11.6. The predicted molar refractivity (Wildman–Crippen MR) is 135 cm³/mol. The van der Waals surface area contributed by atoms with E-state index in [-0.39, 0.29) is 11.5 Å².